The number of hydrogen-bond acceptors (Lipinski definition) is 1. The number of carbonyl (C=O) groups is 1. The highest BCUT2D eigenvalue weighted by molar-refractivity contribution is 5.78. The molecule has 0 bridgehead atoms. The topological polar surface area (TPSA) is 29.1 Å². The second-order valence-electron chi connectivity index (χ2n) is 3.75. The van der Waals surface area contributed by atoms with Crippen LogP contribution in [0.4, 0.5) is 0 Å². The summed E-state index contributed by atoms with van der Waals surface area (Å²) >= 11 is 0. The van der Waals surface area contributed by atoms with E-state index in [9.17, 15) is 4.79 Å². The van der Waals surface area contributed by atoms with Gasteiger partial charge in [0.25, 0.3) is 0 Å². The molecule has 1 atom stereocenters. The Morgan fingerprint density at radius 2 is 2.07 bits per heavy atom. The maximum absolute atomic E-state index is 11.0. The Morgan fingerprint density at radius 1 is 1.36 bits per heavy atom. The molecule has 1 saturated heterocycles. The van der Waals surface area contributed by atoms with Crippen molar-refractivity contribution in [3.05, 3.63) is 35.4 Å². The van der Waals surface area contributed by atoms with Crippen molar-refractivity contribution in [3.63, 3.8) is 0 Å². The summed E-state index contributed by atoms with van der Waals surface area (Å²) in [6.45, 7) is 2.15. The number of rotatable bonds is 2. The first-order chi connectivity index (χ1) is 6.79. The first kappa shape index (κ1) is 9.25. The zero-order valence-corrected chi connectivity index (χ0v) is 8.42. The third-order valence-corrected chi connectivity index (χ3v) is 2.79. The molecule has 2 rings (SSSR count). The Balaban J connectivity index is 2.13. The minimum atomic E-state index is 0.176. The van der Waals surface area contributed by atoms with E-state index >= 15 is 0 Å². The fourth-order valence-electron chi connectivity index (χ4n) is 1.85. The molecule has 1 aromatic rings. The Hall–Kier alpha value is -1.31. The van der Waals surface area contributed by atoms with Crippen LogP contribution < -0.4 is 5.32 Å². The van der Waals surface area contributed by atoms with Gasteiger partial charge in [0, 0.05) is 6.42 Å². The summed E-state index contributed by atoms with van der Waals surface area (Å²) in [5.41, 5.74) is 2.58. The van der Waals surface area contributed by atoms with E-state index in [2.05, 4.69) is 36.5 Å². The molecule has 1 amide bonds. The van der Waals surface area contributed by atoms with Crippen LogP contribution in [0.1, 0.15) is 36.9 Å². The summed E-state index contributed by atoms with van der Waals surface area (Å²) in [6, 6.07) is 8.76. The fraction of sp³-hybridized carbons (Fsp3) is 0.417. The van der Waals surface area contributed by atoms with E-state index in [0.717, 1.165) is 12.8 Å². The van der Waals surface area contributed by atoms with Crippen molar-refractivity contribution >= 4 is 5.91 Å². The number of benzene rings is 1. The second-order valence-corrected chi connectivity index (χ2v) is 3.75. The molecule has 2 heteroatoms. The summed E-state index contributed by atoms with van der Waals surface area (Å²) in [5.74, 6) is 0.176. The van der Waals surface area contributed by atoms with E-state index in [1.165, 1.54) is 11.1 Å². The van der Waals surface area contributed by atoms with Crippen LogP contribution in [0.25, 0.3) is 0 Å². The maximum atomic E-state index is 11.0. The van der Waals surface area contributed by atoms with E-state index in [1.54, 1.807) is 0 Å². The van der Waals surface area contributed by atoms with Gasteiger partial charge < -0.3 is 5.32 Å². The number of nitrogens with one attached hydrogen (secondary N) is 1. The van der Waals surface area contributed by atoms with E-state index in [0.29, 0.717) is 6.42 Å². The van der Waals surface area contributed by atoms with Gasteiger partial charge in [-0.1, -0.05) is 31.2 Å². The molecule has 0 radical (unpaired) electrons. The molecule has 14 heavy (non-hydrogen) atoms. The quantitative estimate of drug-likeness (QED) is 0.759. The number of aryl methyl sites for hydroxylation is 1. The predicted molar refractivity (Wildman–Crippen MR) is 55.9 cm³/mol. The first-order valence-electron chi connectivity index (χ1n) is 5.18. The average molecular weight is 189 g/mol. The van der Waals surface area contributed by atoms with Gasteiger partial charge in [0.05, 0.1) is 6.04 Å². The zero-order chi connectivity index (χ0) is 9.97. The molecule has 1 N–H and O–H groups in total. The minimum absolute atomic E-state index is 0.176. The van der Waals surface area contributed by atoms with E-state index in [4.69, 9.17) is 0 Å². The highest BCUT2D eigenvalue weighted by Crippen LogP contribution is 2.23. The van der Waals surface area contributed by atoms with Crippen molar-refractivity contribution in [2.45, 2.75) is 32.2 Å². The van der Waals surface area contributed by atoms with E-state index in [-0.39, 0.29) is 11.9 Å². The molecule has 1 aliphatic heterocycles. The lowest BCUT2D eigenvalue weighted by Gasteiger charge is -2.10. The monoisotopic (exact) mass is 189 g/mol. The maximum Gasteiger partial charge on any atom is 0.220 e. The van der Waals surface area contributed by atoms with Crippen molar-refractivity contribution in [1.29, 1.82) is 0 Å². The van der Waals surface area contributed by atoms with Crippen LogP contribution in [0.5, 0.6) is 0 Å². The van der Waals surface area contributed by atoms with Crippen LogP contribution in [-0.2, 0) is 11.2 Å². The third kappa shape index (κ3) is 1.79. The molecule has 0 spiro atoms. The summed E-state index contributed by atoms with van der Waals surface area (Å²) < 4.78 is 0. The lowest BCUT2D eigenvalue weighted by Crippen LogP contribution is -2.18. The Morgan fingerprint density at radius 3 is 2.57 bits per heavy atom. The summed E-state index contributed by atoms with van der Waals surface area (Å²) in [5, 5.41) is 2.97. The van der Waals surface area contributed by atoms with Crippen molar-refractivity contribution in [2.75, 3.05) is 0 Å². The van der Waals surface area contributed by atoms with Crippen LogP contribution in [0.3, 0.4) is 0 Å². The van der Waals surface area contributed by atoms with Crippen LogP contribution >= 0.6 is 0 Å². The third-order valence-electron chi connectivity index (χ3n) is 2.79. The normalized spacial score (nSPS) is 20.9. The van der Waals surface area contributed by atoms with Gasteiger partial charge in [-0.2, -0.15) is 0 Å². The summed E-state index contributed by atoms with van der Waals surface area (Å²) in [6.07, 6.45) is 2.67. The molecule has 1 fully saturated rings. The SMILES string of the molecule is CCc1ccc(C2CCC(=O)N2)cc1. The molecular weight excluding hydrogens is 174 g/mol. The number of amides is 1. The van der Waals surface area contributed by atoms with Gasteiger partial charge in [0.1, 0.15) is 0 Å². The Labute approximate surface area is 84.3 Å². The van der Waals surface area contributed by atoms with Crippen molar-refractivity contribution in [2.24, 2.45) is 0 Å². The van der Waals surface area contributed by atoms with Gasteiger partial charge >= 0.3 is 0 Å². The fourth-order valence-corrected chi connectivity index (χ4v) is 1.85. The highest BCUT2D eigenvalue weighted by Gasteiger charge is 2.21. The molecule has 0 aromatic heterocycles. The molecule has 1 heterocycles. The van der Waals surface area contributed by atoms with Gasteiger partial charge in [0.15, 0.2) is 0 Å². The molecule has 74 valence electrons. The van der Waals surface area contributed by atoms with Crippen LogP contribution in [0.15, 0.2) is 24.3 Å². The van der Waals surface area contributed by atoms with Gasteiger partial charge in [-0.25, -0.2) is 0 Å². The molecule has 1 aliphatic rings. The molecule has 1 unspecified atom stereocenters. The molecule has 0 aliphatic carbocycles. The molecule has 2 nitrogen and oxygen atoms in total. The standard InChI is InChI=1S/C12H15NO/c1-2-9-3-5-10(6-4-9)11-7-8-12(14)13-11/h3-6,11H,2,7-8H2,1H3,(H,13,14). The van der Waals surface area contributed by atoms with Gasteiger partial charge in [-0.3, -0.25) is 4.79 Å². The number of carbonyl (C=O) groups excluding carboxylic acids is 1. The first-order valence-corrected chi connectivity index (χ1v) is 5.18. The van der Waals surface area contributed by atoms with Gasteiger partial charge in [-0.15, -0.1) is 0 Å². The lowest BCUT2D eigenvalue weighted by molar-refractivity contribution is -0.119. The minimum Gasteiger partial charge on any atom is -0.349 e. The van der Waals surface area contributed by atoms with E-state index < -0.39 is 0 Å². The lowest BCUT2D eigenvalue weighted by atomic mass is 10.0. The van der Waals surface area contributed by atoms with Crippen molar-refractivity contribution in [1.82, 2.24) is 5.32 Å². The predicted octanol–water partition coefficient (Wildman–Crippen LogP) is 2.20. The Kier molecular flexibility index (Phi) is 2.53. The smallest absolute Gasteiger partial charge is 0.220 e. The van der Waals surface area contributed by atoms with Crippen molar-refractivity contribution in [3.8, 4) is 0 Å². The summed E-state index contributed by atoms with van der Waals surface area (Å²) in [7, 11) is 0. The second kappa shape index (κ2) is 3.82. The highest BCUT2D eigenvalue weighted by atomic mass is 16.1. The van der Waals surface area contributed by atoms with Gasteiger partial charge in [0.2, 0.25) is 5.91 Å². The molecule has 1 aromatic carbocycles. The largest absolute Gasteiger partial charge is 0.349 e. The van der Waals surface area contributed by atoms with Crippen LogP contribution in [0, 0.1) is 0 Å². The number of hydrogen-bond donors (Lipinski definition) is 1. The van der Waals surface area contributed by atoms with Crippen molar-refractivity contribution < 1.29 is 4.79 Å². The zero-order valence-electron chi connectivity index (χ0n) is 8.42. The molecule has 0 saturated carbocycles. The Bertz CT molecular complexity index is 329. The van der Waals surface area contributed by atoms with E-state index in [1.807, 2.05) is 0 Å². The molecular formula is C12H15NO. The average Bonchev–Trinajstić information content (AvgIpc) is 2.65. The van der Waals surface area contributed by atoms with Crippen LogP contribution in [-0.4, -0.2) is 5.91 Å². The summed E-state index contributed by atoms with van der Waals surface area (Å²) in [4.78, 5) is 11.0. The van der Waals surface area contributed by atoms with Crippen LogP contribution in [0.2, 0.25) is 0 Å². The van der Waals surface area contributed by atoms with Gasteiger partial charge in [-0.05, 0) is 24.0 Å².